The molecule has 0 fully saturated rings. The Morgan fingerprint density at radius 1 is 1.10 bits per heavy atom. The second-order valence-electron chi connectivity index (χ2n) is 4.61. The maximum atomic E-state index is 13.0. The molecule has 2 N–H and O–H groups in total. The van der Waals surface area contributed by atoms with Gasteiger partial charge in [0.25, 0.3) is 0 Å². The lowest BCUT2D eigenvalue weighted by Gasteiger charge is -2.15. The fourth-order valence-electron chi connectivity index (χ4n) is 1.91. The van der Waals surface area contributed by atoms with Gasteiger partial charge >= 0.3 is 6.18 Å². The Morgan fingerprint density at radius 2 is 1.81 bits per heavy atom. The standard InChI is InChI=1S/C15H13F4NO/c1-9-6-11(16)3-5-14(9)21-8-10-2-4-12(20)7-13(10)15(17,18)19/h2-7H,8,20H2,1H3. The predicted octanol–water partition coefficient (Wildman–Crippen LogP) is 4.31. The van der Waals surface area contributed by atoms with Gasteiger partial charge in [-0.15, -0.1) is 0 Å². The van der Waals surface area contributed by atoms with Gasteiger partial charge in [-0.25, -0.2) is 4.39 Å². The number of nitrogen functional groups attached to an aromatic ring is 1. The van der Waals surface area contributed by atoms with Crippen LogP contribution in [0.3, 0.4) is 0 Å². The van der Waals surface area contributed by atoms with Crippen molar-refractivity contribution in [3.63, 3.8) is 0 Å². The highest BCUT2D eigenvalue weighted by molar-refractivity contribution is 5.46. The maximum Gasteiger partial charge on any atom is 0.416 e. The molecular weight excluding hydrogens is 286 g/mol. The third kappa shape index (κ3) is 3.65. The summed E-state index contributed by atoms with van der Waals surface area (Å²) in [5.41, 5.74) is 5.08. The Hall–Kier alpha value is -2.24. The topological polar surface area (TPSA) is 35.2 Å². The van der Waals surface area contributed by atoms with Crippen molar-refractivity contribution < 1.29 is 22.3 Å². The first-order chi connectivity index (χ1) is 9.77. The smallest absolute Gasteiger partial charge is 0.416 e. The van der Waals surface area contributed by atoms with Gasteiger partial charge in [0.15, 0.2) is 0 Å². The monoisotopic (exact) mass is 299 g/mol. The van der Waals surface area contributed by atoms with E-state index in [2.05, 4.69) is 0 Å². The molecule has 0 aromatic heterocycles. The van der Waals surface area contributed by atoms with Crippen LogP contribution in [0.2, 0.25) is 0 Å². The van der Waals surface area contributed by atoms with Gasteiger partial charge in [-0.2, -0.15) is 13.2 Å². The normalized spacial score (nSPS) is 11.5. The third-order valence-corrected chi connectivity index (χ3v) is 2.96. The summed E-state index contributed by atoms with van der Waals surface area (Å²) in [6, 6.07) is 7.35. The molecule has 0 unspecified atom stereocenters. The zero-order valence-corrected chi connectivity index (χ0v) is 11.2. The number of aryl methyl sites for hydroxylation is 1. The Labute approximate surface area is 119 Å². The molecule has 0 aliphatic heterocycles. The van der Waals surface area contributed by atoms with Gasteiger partial charge in [0.05, 0.1) is 5.56 Å². The molecule has 2 aromatic rings. The predicted molar refractivity (Wildman–Crippen MR) is 71.3 cm³/mol. The number of alkyl halides is 3. The number of hydrogen-bond donors (Lipinski definition) is 1. The summed E-state index contributed by atoms with van der Waals surface area (Å²) >= 11 is 0. The van der Waals surface area contributed by atoms with Crippen LogP contribution >= 0.6 is 0 Å². The van der Waals surface area contributed by atoms with E-state index in [1.807, 2.05) is 0 Å². The minimum atomic E-state index is -4.51. The zero-order valence-electron chi connectivity index (χ0n) is 11.2. The van der Waals surface area contributed by atoms with Crippen LogP contribution in [0.4, 0.5) is 23.2 Å². The van der Waals surface area contributed by atoms with Gasteiger partial charge in [-0.3, -0.25) is 0 Å². The molecule has 0 saturated carbocycles. The molecule has 0 atom stereocenters. The van der Waals surface area contributed by atoms with E-state index in [0.29, 0.717) is 11.3 Å². The van der Waals surface area contributed by atoms with E-state index < -0.39 is 17.6 Å². The van der Waals surface area contributed by atoms with E-state index in [-0.39, 0.29) is 17.9 Å². The molecule has 2 rings (SSSR count). The quantitative estimate of drug-likeness (QED) is 0.677. The van der Waals surface area contributed by atoms with Crippen molar-refractivity contribution >= 4 is 5.69 Å². The molecule has 0 amide bonds. The molecule has 2 aromatic carbocycles. The molecule has 0 aliphatic rings. The van der Waals surface area contributed by atoms with Crippen LogP contribution in [0, 0.1) is 12.7 Å². The number of rotatable bonds is 3. The number of ether oxygens (including phenoxy) is 1. The summed E-state index contributed by atoms with van der Waals surface area (Å²) in [5.74, 6) is -0.0929. The lowest BCUT2D eigenvalue weighted by molar-refractivity contribution is -0.138. The van der Waals surface area contributed by atoms with Crippen LogP contribution in [-0.4, -0.2) is 0 Å². The first kappa shape index (κ1) is 15.2. The van der Waals surface area contributed by atoms with Crippen molar-refractivity contribution in [3.8, 4) is 5.75 Å². The number of nitrogens with two attached hydrogens (primary N) is 1. The molecule has 0 radical (unpaired) electrons. The van der Waals surface area contributed by atoms with Gasteiger partial charge in [-0.05, 0) is 42.8 Å². The van der Waals surface area contributed by atoms with Crippen molar-refractivity contribution in [3.05, 3.63) is 58.9 Å². The highest BCUT2D eigenvalue weighted by Crippen LogP contribution is 2.34. The molecule has 6 heteroatoms. The van der Waals surface area contributed by atoms with E-state index in [0.717, 1.165) is 6.07 Å². The molecule has 112 valence electrons. The number of benzene rings is 2. The van der Waals surface area contributed by atoms with E-state index >= 15 is 0 Å². The lowest BCUT2D eigenvalue weighted by Crippen LogP contribution is -2.12. The van der Waals surface area contributed by atoms with E-state index in [9.17, 15) is 17.6 Å². The second kappa shape index (κ2) is 5.63. The van der Waals surface area contributed by atoms with Crippen molar-refractivity contribution in [2.75, 3.05) is 5.73 Å². The van der Waals surface area contributed by atoms with Crippen molar-refractivity contribution in [2.45, 2.75) is 19.7 Å². The summed E-state index contributed by atoms with van der Waals surface area (Å²) in [5, 5.41) is 0. The minimum Gasteiger partial charge on any atom is -0.489 e. The van der Waals surface area contributed by atoms with Crippen LogP contribution in [0.15, 0.2) is 36.4 Å². The third-order valence-electron chi connectivity index (χ3n) is 2.96. The van der Waals surface area contributed by atoms with Gasteiger partial charge < -0.3 is 10.5 Å². The average molecular weight is 299 g/mol. The van der Waals surface area contributed by atoms with Gasteiger partial charge in [-0.1, -0.05) is 6.07 Å². The van der Waals surface area contributed by atoms with Crippen LogP contribution < -0.4 is 10.5 Å². The van der Waals surface area contributed by atoms with Gasteiger partial charge in [0, 0.05) is 11.3 Å². The van der Waals surface area contributed by atoms with Crippen LogP contribution in [0.25, 0.3) is 0 Å². The largest absolute Gasteiger partial charge is 0.489 e. The minimum absolute atomic E-state index is 0.0274. The molecular formula is C15H13F4NO. The molecule has 2 nitrogen and oxygen atoms in total. The first-order valence-corrected chi connectivity index (χ1v) is 6.12. The average Bonchev–Trinajstić information content (AvgIpc) is 2.38. The summed E-state index contributed by atoms with van der Waals surface area (Å²) in [7, 11) is 0. The second-order valence-corrected chi connectivity index (χ2v) is 4.61. The van der Waals surface area contributed by atoms with E-state index in [1.165, 1.54) is 30.3 Å². The van der Waals surface area contributed by atoms with Crippen LogP contribution in [-0.2, 0) is 12.8 Å². The maximum absolute atomic E-state index is 13.0. The zero-order chi connectivity index (χ0) is 15.6. The Balaban J connectivity index is 2.24. The molecule has 0 heterocycles. The Morgan fingerprint density at radius 3 is 2.43 bits per heavy atom. The molecule has 21 heavy (non-hydrogen) atoms. The number of hydrogen-bond acceptors (Lipinski definition) is 2. The summed E-state index contributed by atoms with van der Waals surface area (Å²) < 4.78 is 57.1. The van der Waals surface area contributed by atoms with Gasteiger partial charge in [0.2, 0.25) is 0 Å². The summed E-state index contributed by atoms with van der Waals surface area (Å²) in [4.78, 5) is 0. The van der Waals surface area contributed by atoms with E-state index in [1.54, 1.807) is 6.92 Å². The molecule has 0 bridgehead atoms. The molecule has 0 spiro atoms. The first-order valence-electron chi connectivity index (χ1n) is 6.12. The highest BCUT2D eigenvalue weighted by atomic mass is 19.4. The number of halogens is 4. The number of anilines is 1. The fourth-order valence-corrected chi connectivity index (χ4v) is 1.91. The fraction of sp³-hybridized carbons (Fsp3) is 0.200. The molecule has 0 aliphatic carbocycles. The van der Waals surface area contributed by atoms with Crippen molar-refractivity contribution in [2.24, 2.45) is 0 Å². The van der Waals surface area contributed by atoms with Crippen LogP contribution in [0.5, 0.6) is 5.75 Å². The summed E-state index contributed by atoms with van der Waals surface area (Å²) in [6.07, 6.45) is -4.51. The van der Waals surface area contributed by atoms with Crippen molar-refractivity contribution in [1.82, 2.24) is 0 Å². The van der Waals surface area contributed by atoms with Crippen molar-refractivity contribution in [1.29, 1.82) is 0 Å². The summed E-state index contributed by atoms with van der Waals surface area (Å²) in [6.45, 7) is 1.34. The Bertz CT molecular complexity index is 653. The lowest BCUT2D eigenvalue weighted by atomic mass is 10.1. The van der Waals surface area contributed by atoms with Gasteiger partial charge in [0.1, 0.15) is 18.2 Å². The Kier molecular flexibility index (Phi) is 4.06. The van der Waals surface area contributed by atoms with E-state index in [4.69, 9.17) is 10.5 Å². The molecule has 0 saturated heterocycles. The SMILES string of the molecule is Cc1cc(F)ccc1OCc1ccc(N)cc1C(F)(F)F. The highest BCUT2D eigenvalue weighted by Gasteiger charge is 2.33. The van der Waals surface area contributed by atoms with Crippen LogP contribution in [0.1, 0.15) is 16.7 Å².